The molecular formula is C14H15BrN4O4S. The highest BCUT2D eigenvalue weighted by molar-refractivity contribution is 9.10. The largest absolute Gasteiger partial charge is 0.477 e. The van der Waals surface area contributed by atoms with E-state index in [-0.39, 0.29) is 5.70 Å². The summed E-state index contributed by atoms with van der Waals surface area (Å²) >= 11 is 4.72. The Hall–Kier alpha value is -1.81. The Morgan fingerprint density at radius 2 is 2.25 bits per heavy atom. The standard InChI is InChI=1S/C14H15BrN4O4S/c1-3-18-10(7(15)4-16-18)11(20)17-8-12(21)19-9(14(22)23)6(2)5-24-13(8)19/h4,8,13H,3,5H2,1-2H3,(H,17,20)(H,22,23). The van der Waals surface area contributed by atoms with E-state index in [0.29, 0.717) is 28.0 Å². The van der Waals surface area contributed by atoms with Gasteiger partial charge in [-0.3, -0.25) is 19.2 Å². The lowest BCUT2D eigenvalue weighted by molar-refractivity contribution is -0.148. The Bertz CT molecular complexity index is 775. The highest BCUT2D eigenvalue weighted by Crippen LogP contribution is 2.40. The van der Waals surface area contributed by atoms with Crippen molar-refractivity contribution < 1.29 is 19.5 Å². The van der Waals surface area contributed by atoms with Crippen LogP contribution in [-0.2, 0) is 16.1 Å². The fourth-order valence-electron chi connectivity index (χ4n) is 2.81. The number of hydrogen-bond acceptors (Lipinski definition) is 5. The van der Waals surface area contributed by atoms with Crippen LogP contribution in [0.15, 0.2) is 21.9 Å². The summed E-state index contributed by atoms with van der Waals surface area (Å²) in [5.41, 5.74) is 1.01. The average Bonchev–Trinajstić information content (AvgIpc) is 2.92. The number of aryl methyl sites for hydroxylation is 1. The number of aliphatic carboxylic acids is 1. The summed E-state index contributed by atoms with van der Waals surface area (Å²) in [5, 5.41) is 15.7. The number of amides is 2. The van der Waals surface area contributed by atoms with E-state index in [1.807, 2.05) is 6.92 Å². The van der Waals surface area contributed by atoms with Gasteiger partial charge in [-0.15, -0.1) is 11.8 Å². The van der Waals surface area contributed by atoms with Crippen LogP contribution in [0.25, 0.3) is 0 Å². The molecule has 2 N–H and O–H groups in total. The van der Waals surface area contributed by atoms with Gasteiger partial charge in [0, 0.05) is 12.3 Å². The van der Waals surface area contributed by atoms with E-state index < -0.39 is 29.2 Å². The summed E-state index contributed by atoms with van der Waals surface area (Å²) in [6, 6.07) is -0.739. The van der Waals surface area contributed by atoms with E-state index in [1.54, 1.807) is 6.92 Å². The molecular weight excluding hydrogens is 400 g/mol. The van der Waals surface area contributed by atoms with Crippen molar-refractivity contribution in [3.05, 3.63) is 27.6 Å². The SMILES string of the molecule is CCn1ncc(Br)c1C(=O)NC1C(=O)N2C(C(=O)O)=C(C)CSC12. The van der Waals surface area contributed by atoms with Crippen LogP contribution in [0.1, 0.15) is 24.3 Å². The summed E-state index contributed by atoms with van der Waals surface area (Å²) in [6.45, 7) is 4.07. The third kappa shape index (κ3) is 2.53. The molecule has 0 bridgehead atoms. The average molecular weight is 415 g/mol. The Labute approximate surface area is 150 Å². The number of carboxylic acids is 1. The number of carbonyl (C=O) groups excluding carboxylic acids is 2. The van der Waals surface area contributed by atoms with Gasteiger partial charge in [0.05, 0.1) is 10.7 Å². The Kier molecular flexibility index (Phi) is 4.43. The number of halogens is 1. The molecule has 1 aromatic heterocycles. The number of β-lactam (4-membered cyclic amide) rings is 1. The van der Waals surface area contributed by atoms with Crippen LogP contribution < -0.4 is 5.32 Å². The Balaban J connectivity index is 1.79. The van der Waals surface area contributed by atoms with Crippen molar-refractivity contribution in [2.24, 2.45) is 0 Å². The summed E-state index contributed by atoms with van der Waals surface area (Å²) in [6.07, 6.45) is 1.53. The molecule has 128 valence electrons. The molecule has 1 aromatic rings. The van der Waals surface area contributed by atoms with Crippen molar-refractivity contribution in [3.63, 3.8) is 0 Å². The van der Waals surface area contributed by atoms with Gasteiger partial charge in [-0.05, 0) is 35.4 Å². The third-order valence-electron chi connectivity index (χ3n) is 3.96. The first-order valence-electron chi connectivity index (χ1n) is 7.26. The minimum atomic E-state index is -1.12. The molecule has 2 atom stereocenters. The number of nitrogens with zero attached hydrogens (tertiary/aromatic N) is 3. The molecule has 3 rings (SSSR count). The predicted octanol–water partition coefficient (Wildman–Crippen LogP) is 1.04. The maximum atomic E-state index is 12.5. The Morgan fingerprint density at radius 1 is 1.54 bits per heavy atom. The second-order valence-electron chi connectivity index (χ2n) is 5.45. The topological polar surface area (TPSA) is 105 Å². The van der Waals surface area contributed by atoms with E-state index in [2.05, 4.69) is 26.3 Å². The summed E-state index contributed by atoms with van der Waals surface area (Å²) < 4.78 is 2.07. The van der Waals surface area contributed by atoms with Crippen LogP contribution in [0.2, 0.25) is 0 Å². The van der Waals surface area contributed by atoms with Gasteiger partial charge in [0.25, 0.3) is 11.8 Å². The number of carboxylic acid groups (broad SMARTS) is 1. The zero-order valence-corrected chi connectivity index (χ0v) is 15.3. The second kappa shape index (κ2) is 6.25. The van der Waals surface area contributed by atoms with Crippen LogP contribution in [0.5, 0.6) is 0 Å². The predicted molar refractivity (Wildman–Crippen MR) is 90.3 cm³/mol. The van der Waals surface area contributed by atoms with E-state index in [9.17, 15) is 19.5 Å². The fourth-order valence-corrected chi connectivity index (χ4v) is 4.58. The van der Waals surface area contributed by atoms with Crippen molar-refractivity contribution in [3.8, 4) is 0 Å². The van der Waals surface area contributed by atoms with Crippen molar-refractivity contribution in [2.75, 3.05) is 5.75 Å². The summed E-state index contributed by atoms with van der Waals surface area (Å²) in [7, 11) is 0. The number of rotatable bonds is 4. The molecule has 10 heteroatoms. The second-order valence-corrected chi connectivity index (χ2v) is 7.41. The number of hydrogen-bond donors (Lipinski definition) is 2. The first kappa shape index (κ1) is 17.0. The molecule has 2 unspecified atom stereocenters. The lowest BCUT2D eigenvalue weighted by atomic mass is 10.0. The van der Waals surface area contributed by atoms with Gasteiger partial charge in [-0.1, -0.05) is 0 Å². The van der Waals surface area contributed by atoms with Crippen LogP contribution in [0, 0.1) is 0 Å². The molecule has 8 nitrogen and oxygen atoms in total. The third-order valence-corrected chi connectivity index (χ3v) is 5.96. The van der Waals surface area contributed by atoms with Gasteiger partial charge < -0.3 is 10.4 Å². The lowest BCUT2D eigenvalue weighted by Crippen LogP contribution is -2.70. The number of aromatic nitrogens is 2. The van der Waals surface area contributed by atoms with E-state index in [4.69, 9.17) is 0 Å². The number of fused-ring (bicyclic) bond motifs is 1. The molecule has 2 aliphatic heterocycles. The van der Waals surface area contributed by atoms with Gasteiger partial charge in [-0.25, -0.2) is 4.79 Å². The minimum absolute atomic E-state index is 0.0222. The van der Waals surface area contributed by atoms with Crippen molar-refractivity contribution in [1.82, 2.24) is 20.0 Å². The molecule has 0 saturated carbocycles. The van der Waals surface area contributed by atoms with E-state index in [1.165, 1.54) is 27.5 Å². The van der Waals surface area contributed by atoms with Crippen LogP contribution in [0.3, 0.4) is 0 Å². The maximum absolute atomic E-state index is 12.5. The van der Waals surface area contributed by atoms with Gasteiger partial charge in [-0.2, -0.15) is 5.10 Å². The van der Waals surface area contributed by atoms with Crippen LogP contribution in [-0.4, -0.2) is 54.7 Å². The first-order valence-corrected chi connectivity index (χ1v) is 9.10. The molecule has 0 aromatic carbocycles. The molecule has 3 heterocycles. The highest BCUT2D eigenvalue weighted by Gasteiger charge is 2.53. The monoisotopic (exact) mass is 414 g/mol. The molecule has 24 heavy (non-hydrogen) atoms. The first-order chi connectivity index (χ1) is 11.4. The molecule has 0 aliphatic carbocycles. The summed E-state index contributed by atoms with van der Waals surface area (Å²) in [5.74, 6) is -1.43. The quantitative estimate of drug-likeness (QED) is 0.713. The molecule has 2 aliphatic rings. The molecule has 2 amide bonds. The van der Waals surface area contributed by atoms with Crippen LogP contribution >= 0.6 is 27.7 Å². The van der Waals surface area contributed by atoms with E-state index >= 15 is 0 Å². The van der Waals surface area contributed by atoms with Gasteiger partial charge >= 0.3 is 5.97 Å². The van der Waals surface area contributed by atoms with Gasteiger partial charge in [0.1, 0.15) is 22.8 Å². The lowest BCUT2D eigenvalue weighted by Gasteiger charge is -2.49. The minimum Gasteiger partial charge on any atom is -0.477 e. The smallest absolute Gasteiger partial charge is 0.352 e. The molecule has 0 spiro atoms. The summed E-state index contributed by atoms with van der Waals surface area (Å²) in [4.78, 5) is 37.5. The highest BCUT2D eigenvalue weighted by atomic mass is 79.9. The Morgan fingerprint density at radius 3 is 2.88 bits per heavy atom. The van der Waals surface area contributed by atoms with Gasteiger partial charge in [0.2, 0.25) is 0 Å². The zero-order valence-electron chi connectivity index (χ0n) is 12.9. The normalized spacial score (nSPS) is 23.0. The molecule has 1 fully saturated rings. The van der Waals surface area contributed by atoms with Crippen molar-refractivity contribution in [1.29, 1.82) is 0 Å². The van der Waals surface area contributed by atoms with Gasteiger partial charge in [0.15, 0.2) is 0 Å². The number of thioether (sulfide) groups is 1. The maximum Gasteiger partial charge on any atom is 0.352 e. The molecule has 1 saturated heterocycles. The zero-order chi connectivity index (χ0) is 17.6. The number of nitrogens with one attached hydrogen (secondary N) is 1. The molecule has 0 radical (unpaired) electrons. The van der Waals surface area contributed by atoms with Crippen molar-refractivity contribution >= 4 is 45.5 Å². The number of carbonyl (C=O) groups is 3. The fraction of sp³-hybridized carbons (Fsp3) is 0.429. The van der Waals surface area contributed by atoms with Crippen LogP contribution in [0.4, 0.5) is 0 Å². The van der Waals surface area contributed by atoms with E-state index in [0.717, 1.165) is 0 Å². The van der Waals surface area contributed by atoms with Crippen molar-refractivity contribution in [2.45, 2.75) is 31.8 Å².